The number of nitrogens with zero attached hydrogens (tertiary/aromatic N) is 2. The van der Waals surface area contributed by atoms with Gasteiger partial charge in [-0.05, 0) is 25.0 Å². The van der Waals surface area contributed by atoms with Crippen LogP contribution in [-0.2, 0) is 0 Å². The molecular weight excluding hydrogens is 274 g/mol. The molecule has 2 aromatic rings. The molecule has 0 radical (unpaired) electrons. The van der Waals surface area contributed by atoms with Gasteiger partial charge in [-0.2, -0.15) is 5.10 Å². The minimum Gasteiger partial charge on any atom is -0.350 e. The number of rotatable bonds is 2. The van der Waals surface area contributed by atoms with E-state index in [0.29, 0.717) is 6.42 Å². The van der Waals surface area contributed by atoms with Crippen molar-refractivity contribution in [1.29, 1.82) is 0 Å². The van der Waals surface area contributed by atoms with Crippen molar-refractivity contribution in [2.75, 3.05) is 0 Å². The molecule has 0 aromatic heterocycles. The van der Waals surface area contributed by atoms with E-state index in [0.717, 1.165) is 16.8 Å². The van der Waals surface area contributed by atoms with Crippen molar-refractivity contribution in [2.24, 2.45) is 10.8 Å². The normalized spacial score (nSPS) is 17.5. The van der Waals surface area contributed by atoms with Crippen LogP contribution >= 0.6 is 0 Å². The zero-order valence-electron chi connectivity index (χ0n) is 12.8. The summed E-state index contributed by atoms with van der Waals surface area (Å²) >= 11 is 0. The molecule has 1 atom stereocenters. The third-order valence-electron chi connectivity index (χ3n) is 3.98. The number of hydrogen-bond acceptors (Lipinski definition) is 2. The van der Waals surface area contributed by atoms with Gasteiger partial charge in [0.05, 0.1) is 11.8 Å². The first kappa shape index (κ1) is 14.3. The molecule has 0 spiro atoms. The summed E-state index contributed by atoms with van der Waals surface area (Å²) in [6, 6.07) is 15.7. The van der Waals surface area contributed by atoms with E-state index in [1.807, 2.05) is 62.4 Å². The zero-order valence-corrected chi connectivity index (χ0v) is 12.8. The van der Waals surface area contributed by atoms with Crippen molar-refractivity contribution in [1.82, 2.24) is 5.01 Å². The molecule has 0 bridgehead atoms. The number of amides is 2. The average molecular weight is 293 g/mol. The lowest BCUT2D eigenvalue weighted by Gasteiger charge is -2.19. The molecule has 1 unspecified atom stereocenters. The Balaban J connectivity index is 1.92. The van der Waals surface area contributed by atoms with Crippen molar-refractivity contribution in [2.45, 2.75) is 26.3 Å². The van der Waals surface area contributed by atoms with Gasteiger partial charge in [0.15, 0.2) is 0 Å². The van der Waals surface area contributed by atoms with Gasteiger partial charge in [0.2, 0.25) is 0 Å². The summed E-state index contributed by atoms with van der Waals surface area (Å²) in [5, 5.41) is 5.83. The van der Waals surface area contributed by atoms with Crippen LogP contribution in [0.3, 0.4) is 0 Å². The van der Waals surface area contributed by atoms with Gasteiger partial charge in [-0.25, -0.2) is 9.80 Å². The number of nitrogens with two attached hydrogens (primary N) is 1. The van der Waals surface area contributed by atoms with Crippen molar-refractivity contribution in [3.63, 3.8) is 0 Å². The van der Waals surface area contributed by atoms with Gasteiger partial charge in [-0.1, -0.05) is 59.7 Å². The molecule has 1 aliphatic heterocycles. The monoisotopic (exact) mass is 293 g/mol. The van der Waals surface area contributed by atoms with Crippen LogP contribution in [0.25, 0.3) is 0 Å². The number of aryl methyl sites for hydroxylation is 2. The molecule has 4 nitrogen and oxygen atoms in total. The molecular formula is C18H19N3O. The Bertz CT molecular complexity index is 717. The first-order valence-corrected chi connectivity index (χ1v) is 7.34. The van der Waals surface area contributed by atoms with E-state index in [1.54, 1.807) is 0 Å². The van der Waals surface area contributed by atoms with Gasteiger partial charge >= 0.3 is 6.03 Å². The maximum absolute atomic E-state index is 11.7. The number of benzene rings is 2. The zero-order chi connectivity index (χ0) is 15.7. The maximum atomic E-state index is 11.7. The molecule has 2 amide bonds. The number of primary amides is 1. The predicted octanol–water partition coefficient (Wildman–Crippen LogP) is 3.53. The van der Waals surface area contributed by atoms with E-state index in [4.69, 9.17) is 5.73 Å². The fraction of sp³-hybridized carbons (Fsp3) is 0.222. The van der Waals surface area contributed by atoms with E-state index in [2.05, 4.69) is 5.10 Å². The van der Waals surface area contributed by atoms with E-state index in [-0.39, 0.29) is 6.04 Å². The SMILES string of the molecule is Cc1ccc(C2=NN(C(N)=O)C(c3ccc(C)cc3)C2)cc1. The quantitative estimate of drug-likeness (QED) is 0.904. The molecule has 1 aliphatic rings. The summed E-state index contributed by atoms with van der Waals surface area (Å²) < 4.78 is 0. The topological polar surface area (TPSA) is 58.7 Å². The molecule has 0 fully saturated rings. The highest BCUT2D eigenvalue weighted by Crippen LogP contribution is 2.32. The van der Waals surface area contributed by atoms with Gasteiger partial charge in [-0.3, -0.25) is 0 Å². The first-order valence-electron chi connectivity index (χ1n) is 7.34. The first-order chi connectivity index (χ1) is 10.5. The number of hydrazone groups is 1. The fourth-order valence-electron chi connectivity index (χ4n) is 2.68. The Morgan fingerprint density at radius 2 is 1.59 bits per heavy atom. The molecule has 2 N–H and O–H groups in total. The smallest absolute Gasteiger partial charge is 0.335 e. The summed E-state index contributed by atoms with van der Waals surface area (Å²) in [4.78, 5) is 11.7. The third-order valence-corrected chi connectivity index (χ3v) is 3.98. The second-order valence-electron chi connectivity index (χ2n) is 5.73. The Morgan fingerprint density at radius 1 is 1.05 bits per heavy atom. The van der Waals surface area contributed by atoms with E-state index >= 15 is 0 Å². The fourth-order valence-corrected chi connectivity index (χ4v) is 2.68. The lowest BCUT2D eigenvalue weighted by atomic mass is 9.97. The van der Waals surface area contributed by atoms with Gasteiger partial charge in [0.1, 0.15) is 0 Å². The lowest BCUT2D eigenvalue weighted by molar-refractivity contribution is 0.196. The molecule has 1 heterocycles. The summed E-state index contributed by atoms with van der Waals surface area (Å²) in [6.45, 7) is 4.09. The molecule has 0 saturated heterocycles. The lowest BCUT2D eigenvalue weighted by Crippen LogP contribution is -2.31. The highest BCUT2D eigenvalue weighted by atomic mass is 16.2. The van der Waals surface area contributed by atoms with E-state index in [1.165, 1.54) is 16.1 Å². The summed E-state index contributed by atoms with van der Waals surface area (Å²) in [6.07, 6.45) is 0.676. The minimum absolute atomic E-state index is 0.130. The number of carbonyl (C=O) groups is 1. The molecule has 112 valence electrons. The summed E-state index contributed by atoms with van der Waals surface area (Å²) in [5.74, 6) is 0. The van der Waals surface area contributed by atoms with E-state index in [9.17, 15) is 4.79 Å². The largest absolute Gasteiger partial charge is 0.350 e. The highest BCUT2D eigenvalue weighted by molar-refractivity contribution is 6.03. The van der Waals surface area contributed by atoms with Gasteiger partial charge in [0.25, 0.3) is 0 Å². The highest BCUT2D eigenvalue weighted by Gasteiger charge is 2.31. The molecule has 2 aromatic carbocycles. The average Bonchev–Trinajstić information content (AvgIpc) is 2.94. The van der Waals surface area contributed by atoms with Crippen molar-refractivity contribution in [3.05, 3.63) is 70.8 Å². The van der Waals surface area contributed by atoms with Crippen LogP contribution in [0, 0.1) is 13.8 Å². The third kappa shape index (κ3) is 2.72. The van der Waals surface area contributed by atoms with Crippen LogP contribution in [0.1, 0.15) is 34.7 Å². The van der Waals surface area contributed by atoms with Crippen molar-refractivity contribution in [3.8, 4) is 0 Å². The number of carbonyl (C=O) groups excluding carboxylic acids is 1. The summed E-state index contributed by atoms with van der Waals surface area (Å²) in [7, 11) is 0. The molecule has 22 heavy (non-hydrogen) atoms. The van der Waals surface area contributed by atoms with Crippen molar-refractivity contribution < 1.29 is 4.79 Å². The molecule has 4 heteroatoms. The van der Waals surface area contributed by atoms with Crippen LogP contribution in [-0.4, -0.2) is 16.8 Å². The van der Waals surface area contributed by atoms with Gasteiger partial charge in [-0.15, -0.1) is 0 Å². The van der Waals surface area contributed by atoms with E-state index < -0.39 is 6.03 Å². The number of hydrogen-bond donors (Lipinski definition) is 1. The minimum atomic E-state index is -0.521. The second-order valence-corrected chi connectivity index (χ2v) is 5.73. The molecule has 0 saturated carbocycles. The van der Waals surface area contributed by atoms with Crippen molar-refractivity contribution >= 4 is 11.7 Å². The van der Waals surface area contributed by atoms with Crippen LogP contribution < -0.4 is 5.73 Å². The molecule has 3 rings (SSSR count). The van der Waals surface area contributed by atoms with Crippen LogP contribution in [0.4, 0.5) is 4.79 Å². The Hall–Kier alpha value is -2.62. The standard InChI is InChI=1S/C18H19N3O/c1-12-3-7-14(8-4-12)16-11-17(21(20-16)18(19)22)15-9-5-13(2)6-10-15/h3-10,17H,11H2,1-2H3,(H2,19,22). The van der Waals surface area contributed by atoms with Crippen LogP contribution in [0.15, 0.2) is 53.6 Å². The maximum Gasteiger partial charge on any atom is 0.335 e. The van der Waals surface area contributed by atoms with Gasteiger partial charge < -0.3 is 5.73 Å². The Labute approximate surface area is 130 Å². The predicted molar refractivity (Wildman–Crippen MR) is 87.7 cm³/mol. The Morgan fingerprint density at radius 3 is 2.14 bits per heavy atom. The molecule has 0 aliphatic carbocycles. The van der Waals surface area contributed by atoms with Gasteiger partial charge in [0, 0.05) is 6.42 Å². The summed E-state index contributed by atoms with van der Waals surface area (Å²) in [5.41, 5.74) is 10.9. The number of urea groups is 1. The van der Waals surface area contributed by atoms with Crippen LogP contribution in [0.2, 0.25) is 0 Å². The Kier molecular flexibility index (Phi) is 3.67. The van der Waals surface area contributed by atoms with Crippen LogP contribution in [0.5, 0.6) is 0 Å². The second kappa shape index (κ2) is 5.64.